The Morgan fingerprint density at radius 3 is 1.43 bits per heavy atom. The average Bonchev–Trinajstić information content (AvgIpc) is 2.14. The van der Waals surface area contributed by atoms with Crippen molar-refractivity contribution >= 4 is 0 Å². The highest BCUT2D eigenvalue weighted by Crippen LogP contribution is 2.05. The van der Waals surface area contributed by atoms with Crippen LogP contribution in [0.4, 0.5) is 0 Å². The largest absolute Gasteiger partial charge is 0.240 e. The molecule has 1 aromatic rings. The molecule has 0 aliphatic rings. The van der Waals surface area contributed by atoms with E-state index in [1.54, 1.807) is 13.8 Å². The third-order valence-electron chi connectivity index (χ3n) is 1.79. The van der Waals surface area contributed by atoms with Crippen molar-refractivity contribution in [3.05, 3.63) is 22.8 Å². The van der Waals surface area contributed by atoms with E-state index >= 15 is 0 Å². The third kappa shape index (κ3) is 2.12. The minimum Gasteiger partial charge on any atom is -0.240 e. The van der Waals surface area contributed by atoms with E-state index in [9.17, 15) is 0 Å². The molecule has 0 aliphatic carbocycles. The predicted molar refractivity (Wildman–Crippen MR) is 56.6 cm³/mol. The van der Waals surface area contributed by atoms with Crippen LogP contribution >= 0.6 is 0 Å². The molecule has 0 amide bonds. The van der Waals surface area contributed by atoms with Gasteiger partial charge in [-0.25, -0.2) is 9.97 Å². The lowest BCUT2D eigenvalue weighted by Gasteiger charge is -2.01. The van der Waals surface area contributed by atoms with E-state index in [2.05, 4.69) is 33.6 Å². The van der Waals surface area contributed by atoms with Crippen molar-refractivity contribution in [1.82, 2.24) is 9.97 Å². The lowest BCUT2D eigenvalue weighted by molar-refractivity contribution is 1.02. The van der Waals surface area contributed by atoms with E-state index in [-0.39, 0.29) is 0 Å². The van der Waals surface area contributed by atoms with E-state index in [1.165, 1.54) is 0 Å². The minimum absolute atomic E-state index is 0.671. The normalized spacial score (nSPS) is 8.29. The topological polar surface area (TPSA) is 25.8 Å². The van der Waals surface area contributed by atoms with Gasteiger partial charge in [-0.3, -0.25) is 0 Å². The molecule has 0 aromatic carbocycles. The molecule has 0 unspecified atom stereocenters. The summed E-state index contributed by atoms with van der Waals surface area (Å²) in [5.41, 5.74) is 3.16. The van der Waals surface area contributed by atoms with Gasteiger partial charge in [-0.1, -0.05) is 11.8 Å². The second kappa shape index (κ2) is 4.44. The molecule has 0 spiro atoms. The van der Waals surface area contributed by atoms with Gasteiger partial charge < -0.3 is 0 Å². The van der Waals surface area contributed by atoms with Crippen LogP contribution in [0.2, 0.25) is 0 Å². The zero-order chi connectivity index (χ0) is 10.6. The lowest BCUT2D eigenvalue weighted by atomic mass is 10.2. The quantitative estimate of drug-likeness (QED) is 0.575. The maximum absolute atomic E-state index is 4.34. The van der Waals surface area contributed by atoms with Gasteiger partial charge in [-0.05, 0) is 39.5 Å². The Morgan fingerprint density at radius 1 is 0.786 bits per heavy atom. The number of hydrogen-bond acceptors (Lipinski definition) is 2. The number of aryl methyl sites for hydroxylation is 2. The summed E-state index contributed by atoms with van der Waals surface area (Å²) in [7, 11) is 0. The van der Waals surface area contributed by atoms with Crippen LogP contribution in [0.15, 0.2) is 0 Å². The molecule has 70 valence electrons. The minimum atomic E-state index is 0.671. The first-order valence-electron chi connectivity index (χ1n) is 4.39. The van der Waals surface area contributed by atoms with Gasteiger partial charge in [-0.15, -0.1) is 0 Å². The van der Waals surface area contributed by atoms with Crippen molar-refractivity contribution in [2.24, 2.45) is 0 Å². The molecule has 0 atom stereocenters. The van der Waals surface area contributed by atoms with Gasteiger partial charge >= 0.3 is 0 Å². The number of nitrogens with zero attached hydrogens (tertiary/aromatic N) is 2. The van der Waals surface area contributed by atoms with Crippen LogP contribution in [0.25, 0.3) is 0 Å². The van der Waals surface area contributed by atoms with Gasteiger partial charge in [-0.2, -0.15) is 0 Å². The molecule has 2 heteroatoms. The van der Waals surface area contributed by atoms with Gasteiger partial charge in [0.05, 0.1) is 11.4 Å². The molecule has 0 saturated carbocycles. The highest BCUT2D eigenvalue weighted by Gasteiger charge is 2.03. The lowest BCUT2D eigenvalue weighted by Crippen LogP contribution is -2.00. The van der Waals surface area contributed by atoms with Gasteiger partial charge in [0.15, 0.2) is 0 Å². The SMILES string of the molecule is CC#Cc1nc(C)c(C)nc1C#CC. The molecule has 2 nitrogen and oxygen atoms in total. The molecule has 0 N–H and O–H groups in total. The highest BCUT2D eigenvalue weighted by molar-refractivity contribution is 5.42. The van der Waals surface area contributed by atoms with Crippen molar-refractivity contribution in [2.75, 3.05) is 0 Å². The van der Waals surface area contributed by atoms with Gasteiger partial charge in [0.1, 0.15) is 11.4 Å². The summed E-state index contributed by atoms with van der Waals surface area (Å²) in [6, 6.07) is 0. The van der Waals surface area contributed by atoms with E-state index in [1.807, 2.05) is 13.8 Å². The van der Waals surface area contributed by atoms with Crippen molar-refractivity contribution in [3.63, 3.8) is 0 Å². The van der Waals surface area contributed by atoms with Crippen molar-refractivity contribution in [3.8, 4) is 23.7 Å². The summed E-state index contributed by atoms with van der Waals surface area (Å²) in [6.07, 6.45) is 0. The summed E-state index contributed by atoms with van der Waals surface area (Å²) in [6.45, 7) is 7.40. The zero-order valence-electron chi connectivity index (χ0n) is 8.89. The Labute approximate surface area is 84.8 Å². The molecule has 0 saturated heterocycles. The van der Waals surface area contributed by atoms with Crippen LogP contribution < -0.4 is 0 Å². The summed E-state index contributed by atoms with van der Waals surface area (Å²) < 4.78 is 0. The maximum Gasteiger partial charge on any atom is 0.147 e. The van der Waals surface area contributed by atoms with Crippen molar-refractivity contribution < 1.29 is 0 Å². The molecule has 1 aromatic heterocycles. The molecule has 1 rings (SSSR count). The van der Waals surface area contributed by atoms with Crippen LogP contribution in [0, 0.1) is 37.5 Å². The van der Waals surface area contributed by atoms with Crippen LogP contribution in [0.1, 0.15) is 36.6 Å². The molecular weight excluding hydrogens is 172 g/mol. The van der Waals surface area contributed by atoms with Crippen molar-refractivity contribution in [1.29, 1.82) is 0 Å². The van der Waals surface area contributed by atoms with Crippen LogP contribution in [0.5, 0.6) is 0 Å². The molecule has 0 fully saturated rings. The Morgan fingerprint density at radius 2 is 1.14 bits per heavy atom. The van der Waals surface area contributed by atoms with E-state index in [0.717, 1.165) is 11.4 Å². The molecule has 0 radical (unpaired) electrons. The van der Waals surface area contributed by atoms with Crippen LogP contribution in [0.3, 0.4) is 0 Å². The summed E-state index contributed by atoms with van der Waals surface area (Å²) in [4.78, 5) is 8.68. The van der Waals surface area contributed by atoms with Crippen LogP contribution in [-0.4, -0.2) is 9.97 Å². The fraction of sp³-hybridized carbons (Fsp3) is 0.333. The first kappa shape index (κ1) is 10.3. The second-order valence-electron chi connectivity index (χ2n) is 2.84. The molecular formula is C12H12N2. The van der Waals surface area contributed by atoms with Crippen molar-refractivity contribution in [2.45, 2.75) is 27.7 Å². The molecule has 1 heterocycles. The maximum atomic E-state index is 4.34. The monoisotopic (exact) mass is 184 g/mol. The number of hydrogen-bond donors (Lipinski definition) is 0. The first-order chi connectivity index (χ1) is 6.69. The fourth-order valence-corrected chi connectivity index (χ4v) is 1.01. The smallest absolute Gasteiger partial charge is 0.147 e. The second-order valence-corrected chi connectivity index (χ2v) is 2.84. The number of rotatable bonds is 0. The Hall–Kier alpha value is -1.80. The van der Waals surface area contributed by atoms with Gasteiger partial charge in [0.2, 0.25) is 0 Å². The Bertz CT molecular complexity index is 420. The van der Waals surface area contributed by atoms with E-state index in [0.29, 0.717) is 11.4 Å². The first-order valence-corrected chi connectivity index (χ1v) is 4.39. The van der Waals surface area contributed by atoms with Gasteiger partial charge in [0, 0.05) is 0 Å². The molecule has 0 aliphatic heterocycles. The average molecular weight is 184 g/mol. The number of aromatic nitrogens is 2. The van der Waals surface area contributed by atoms with E-state index < -0.39 is 0 Å². The predicted octanol–water partition coefficient (Wildman–Crippen LogP) is 1.84. The standard InChI is InChI=1S/C12H12N2/c1-5-7-11-12(8-6-2)14-10(4)9(3)13-11/h1-4H3. The Kier molecular flexibility index (Phi) is 3.26. The molecule has 14 heavy (non-hydrogen) atoms. The van der Waals surface area contributed by atoms with E-state index in [4.69, 9.17) is 0 Å². The zero-order valence-corrected chi connectivity index (χ0v) is 8.89. The summed E-state index contributed by atoms with van der Waals surface area (Å²) >= 11 is 0. The molecule has 0 bridgehead atoms. The Balaban J connectivity index is 3.41. The fourth-order valence-electron chi connectivity index (χ4n) is 1.01. The summed E-state index contributed by atoms with van der Waals surface area (Å²) in [5, 5.41) is 0. The van der Waals surface area contributed by atoms with Gasteiger partial charge in [0.25, 0.3) is 0 Å². The third-order valence-corrected chi connectivity index (χ3v) is 1.79. The van der Waals surface area contributed by atoms with Crippen LogP contribution in [-0.2, 0) is 0 Å². The summed E-state index contributed by atoms with van der Waals surface area (Å²) in [5.74, 6) is 11.4. The highest BCUT2D eigenvalue weighted by atomic mass is 14.8.